The number of hydrogen-bond donors (Lipinski definition) is 2. The number of nitrogen functional groups attached to an aromatic ring is 1. The van der Waals surface area contributed by atoms with Gasteiger partial charge in [-0.2, -0.15) is 4.98 Å². The Labute approximate surface area is 107 Å². The molecule has 2 aliphatic heterocycles. The summed E-state index contributed by atoms with van der Waals surface area (Å²) >= 11 is 0. The minimum Gasteiger partial charge on any atom is -0.376 e. The van der Waals surface area contributed by atoms with Gasteiger partial charge < -0.3 is 20.7 Å². The van der Waals surface area contributed by atoms with E-state index < -0.39 is 0 Å². The average molecular weight is 249 g/mol. The van der Waals surface area contributed by atoms with Crippen molar-refractivity contribution < 1.29 is 4.74 Å². The van der Waals surface area contributed by atoms with E-state index in [2.05, 4.69) is 20.2 Å². The topological polar surface area (TPSA) is 76.3 Å². The van der Waals surface area contributed by atoms with E-state index in [1.807, 2.05) is 7.05 Å². The molecule has 3 rings (SSSR count). The maximum absolute atomic E-state index is 5.81. The molecule has 0 bridgehead atoms. The van der Waals surface area contributed by atoms with Gasteiger partial charge in [0, 0.05) is 31.1 Å². The predicted octanol–water partition coefficient (Wildman–Crippen LogP) is -0.0704. The van der Waals surface area contributed by atoms with E-state index in [4.69, 9.17) is 10.5 Å². The molecular weight excluding hydrogens is 230 g/mol. The summed E-state index contributed by atoms with van der Waals surface area (Å²) in [6.07, 6.45) is 1.97. The highest BCUT2D eigenvalue weighted by Gasteiger charge is 2.27. The number of rotatable bonds is 2. The van der Waals surface area contributed by atoms with Crippen molar-refractivity contribution in [3.63, 3.8) is 0 Å². The van der Waals surface area contributed by atoms with Gasteiger partial charge in [0.15, 0.2) is 0 Å². The standard InChI is InChI=1S/C12H19N5O/c1-14-8-2-4-17(6-8)11-9-7-18-5-3-10(9)15-12(13)16-11/h8,14H,2-7H2,1H3,(H2,13,15,16). The van der Waals surface area contributed by atoms with Gasteiger partial charge in [-0.25, -0.2) is 4.98 Å². The number of nitrogens with zero attached hydrogens (tertiary/aromatic N) is 3. The van der Waals surface area contributed by atoms with Gasteiger partial charge in [-0.15, -0.1) is 0 Å². The summed E-state index contributed by atoms with van der Waals surface area (Å²) in [5, 5.41) is 3.31. The van der Waals surface area contributed by atoms with Gasteiger partial charge in [0.2, 0.25) is 5.95 Å². The van der Waals surface area contributed by atoms with Crippen molar-refractivity contribution in [2.45, 2.75) is 25.5 Å². The van der Waals surface area contributed by atoms with Crippen molar-refractivity contribution in [2.24, 2.45) is 0 Å². The van der Waals surface area contributed by atoms with Crippen LogP contribution in [0.1, 0.15) is 17.7 Å². The smallest absolute Gasteiger partial charge is 0.222 e. The second-order valence-corrected chi connectivity index (χ2v) is 4.85. The fraction of sp³-hybridized carbons (Fsp3) is 0.667. The number of likely N-dealkylation sites (N-methyl/N-ethyl adjacent to an activating group) is 1. The summed E-state index contributed by atoms with van der Waals surface area (Å²) in [6, 6.07) is 0.529. The third-order valence-corrected chi connectivity index (χ3v) is 3.71. The van der Waals surface area contributed by atoms with Crippen LogP contribution in [0.5, 0.6) is 0 Å². The van der Waals surface area contributed by atoms with Crippen molar-refractivity contribution in [3.8, 4) is 0 Å². The first-order valence-corrected chi connectivity index (χ1v) is 6.43. The van der Waals surface area contributed by atoms with Crippen LogP contribution in [0.15, 0.2) is 0 Å². The van der Waals surface area contributed by atoms with Gasteiger partial charge in [0.1, 0.15) is 5.82 Å². The zero-order valence-corrected chi connectivity index (χ0v) is 10.6. The van der Waals surface area contributed by atoms with E-state index in [0.29, 0.717) is 18.6 Å². The van der Waals surface area contributed by atoms with Crippen LogP contribution in [0.2, 0.25) is 0 Å². The predicted molar refractivity (Wildman–Crippen MR) is 69.5 cm³/mol. The zero-order chi connectivity index (χ0) is 12.5. The Morgan fingerprint density at radius 3 is 3.11 bits per heavy atom. The Balaban J connectivity index is 1.93. The quantitative estimate of drug-likeness (QED) is 0.764. The first kappa shape index (κ1) is 11.7. The summed E-state index contributed by atoms with van der Waals surface area (Å²) < 4.78 is 5.53. The van der Waals surface area contributed by atoms with Crippen molar-refractivity contribution >= 4 is 11.8 Å². The molecule has 0 spiro atoms. The van der Waals surface area contributed by atoms with Gasteiger partial charge >= 0.3 is 0 Å². The number of nitrogens with one attached hydrogen (secondary N) is 1. The molecule has 18 heavy (non-hydrogen) atoms. The van der Waals surface area contributed by atoms with Crippen molar-refractivity contribution in [1.29, 1.82) is 0 Å². The monoisotopic (exact) mass is 249 g/mol. The maximum atomic E-state index is 5.81. The van der Waals surface area contributed by atoms with Crippen LogP contribution in [-0.2, 0) is 17.8 Å². The lowest BCUT2D eigenvalue weighted by Crippen LogP contribution is -2.31. The SMILES string of the molecule is CNC1CCN(c2nc(N)nc3c2COCC3)C1. The average Bonchev–Trinajstić information content (AvgIpc) is 2.86. The summed E-state index contributed by atoms with van der Waals surface area (Å²) in [4.78, 5) is 11.0. The van der Waals surface area contributed by atoms with Crippen LogP contribution >= 0.6 is 0 Å². The Morgan fingerprint density at radius 2 is 2.33 bits per heavy atom. The Hall–Kier alpha value is -1.40. The molecule has 3 N–H and O–H groups in total. The van der Waals surface area contributed by atoms with Crippen LogP contribution in [0.4, 0.5) is 11.8 Å². The fourth-order valence-corrected chi connectivity index (χ4v) is 2.68. The first-order valence-electron chi connectivity index (χ1n) is 6.43. The Bertz CT molecular complexity index is 450. The second kappa shape index (κ2) is 4.70. The van der Waals surface area contributed by atoms with E-state index in [0.717, 1.165) is 49.6 Å². The van der Waals surface area contributed by atoms with Gasteiger partial charge in [-0.3, -0.25) is 0 Å². The minimum atomic E-state index is 0.374. The molecule has 1 unspecified atom stereocenters. The molecule has 0 aliphatic carbocycles. The van der Waals surface area contributed by atoms with Crippen LogP contribution in [0.25, 0.3) is 0 Å². The highest BCUT2D eigenvalue weighted by molar-refractivity contribution is 5.53. The lowest BCUT2D eigenvalue weighted by molar-refractivity contribution is 0.109. The molecule has 2 aliphatic rings. The van der Waals surface area contributed by atoms with Crippen molar-refractivity contribution in [3.05, 3.63) is 11.3 Å². The second-order valence-electron chi connectivity index (χ2n) is 4.85. The third kappa shape index (κ3) is 2.02. The molecule has 1 fully saturated rings. The Kier molecular flexibility index (Phi) is 3.05. The lowest BCUT2D eigenvalue weighted by Gasteiger charge is -2.25. The Morgan fingerprint density at radius 1 is 1.44 bits per heavy atom. The molecule has 3 heterocycles. The van der Waals surface area contributed by atoms with Gasteiger partial charge in [0.05, 0.1) is 18.9 Å². The summed E-state index contributed by atoms with van der Waals surface area (Å²) in [5.41, 5.74) is 7.98. The van der Waals surface area contributed by atoms with Crippen LogP contribution in [0.3, 0.4) is 0 Å². The van der Waals surface area contributed by atoms with Crippen molar-refractivity contribution in [1.82, 2.24) is 15.3 Å². The molecule has 0 radical (unpaired) electrons. The number of ether oxygens (including phenoxy) is 1. The largest absolute Gasteiger partial charge is 0.376 e. The van der Waals surface area contributed by atoms with Gasteiger partial charge in [-0.05, 0) is 13.5 Å². The molecule has 0 saturated carbocycles. The number of nitrogens with two attached hydrogens (primary N) is 1. The fourth-order valence-electron chi connectivity index (χ4n) is 2.68. The van der Waals surface area contributed by atoms with E-state index in [-0.39, 0.29) is 0 Å². The molecule has 1 saturated heterocycles. The van der Waals surface area contributed by atoms with E-state index in [1.54, 1.807) is 0 Å². The summed E-state index contributed by atoms with van der Waals surface area (Å²) in [5.74, 6) is 1.34. The molecule has 1 aromatic rings. The van der Waals surface area contributed by atoms with E-state index >= 15 is 0 Å². The number of hydrogen-bond acceptors (Lipinski definition) is 6. The molecule has 98 valence electrons. The molecule has 6 heteroatoms. The summed E-state index contributed by atoms with van der Waals surface area (Å²) in [7, 11) is 2.00. The van der Waals surface area contributed by atoms with E-state index in [1.165, 1.54) is 0 Å². The molecular formula is C12H19N5O. The highest BCUT2D eigenvalue weighted by Crippen LogP contribution is 2.28. The van der Waals surface area contributed by atoms with Crippen LogP contribution in [-0.4, -0.2) is 42.8 Å². The molecule has 1 atom stereocenters. The highest BCUT2D eigenvalue weighted by atomic mass is 16.5. The molecule has 0 aromatic carbocycles. The number of anilines is 2. The third-order valence-electron chi connectivity index (χ3n) is 3.71. The van der Waals surface area contributed by atoms with Gasteiger partial charge in [-0.1, -0.05) is 0 Å². The molecule has 1 aromatic heterocycles. The molecule has 0 amide bonds. The molecule has 6 nitrogen and oxygen atoms in total. The van der Waals surface area contributed by atoms with E-state index in [9.17, 15) is 0 Å². The number of fused-ring (bicyclic) bond motifs is 1. The summed E-state index contributed by atoms with van der Waals surface area (Å²) in [6.45, 7) is 3.31. The van der Waals surface area contributed by atoms with Crippen molar-refractivity contribution in [2.75, 3.05) is 37.4 Å². The minimum absolute atomic E-state index is 0.374. The van der Waals surface area contributed by atoms with Crippen LogP contribution in [0, 0.1) is 0 Å². The first-order chi connectivity index (χ1) is 8.78. The lowest BCUT2D eigenvalue weighted by atomic mass is 10.1. The number of aromatic nitrogens is 2. The van der Waals surface area contributed by atoms with Gasteiger partial charge in [0.25, 0.3) is 0 Å². The maximum Gasteiger partial charge on any atom is 0.222 e. The van der Waals surface area contributed by atoms with Crippen LogP contribution < -0.4 is 16.0 Å². The normalized spacial score (nSPS) is 23.2. The zero-order valence-electron chi connectivity index (χ0n) is 10.6.